The van der Waals surface area contributed by atoms with Crippen LogP contribution in [0.1, 0.15) is 44.1 Å². The van der Waals surface area contributed by atoms with E-state index in [4.69, 9.17) is 14.5 Å². The van der Waals surface area contributed by atoms with Crippen LogP contribution in [0.3, 0.4) is 0 Å². The summed E-state index contributed by atoms with van der Waals surface area (Å²) in [6, 6.07) is 11.6. The molecule has 0 spiro atoms. The lowest BCUT2D eigenvalue weighted by atomic mass is 9.88. The lowest BCUT2D eigenvalue weighted by Crippen LogP contribution is -2.49. The average molecular weight is 643 g/mol. The first-order valence-corrected chi connectivity index (χ1v) is 15.3. The molecule has 3 aromatic rings. The van der Waals surface area contributed by atoms with Gasteiger partial charge in [0.05, 0.1) is 18.3 Å². The predicted molar refractivity (Wildman–Crippen MR) is 160 cm³/mol. The highest BCUT2D eigenvalue weighted by Gasteiger charge is 2.43. The summed E-state index contributed by atoms with van der Waals surface area (Å²) in [6.45, 7) is 2.96. The molecule has 1 aromatic heterocycles. The van der Waals surface area contributed by atoms with Gasteiger partial charge in [0.1, 0.15) is 23.6 Å². The molecule has 3 heterocycles. The van der Waals surface area contributed by atoms with Crippen LogP contribution >= 0.6 is 0 Å². The maximum absolute atomic E-state index is 15.4. The van der Waals surface area contributed by atoms with Crippen molar-refractivity contribution in [3.05, 3.63) is 77.8 Å². The van der Waals surface area contributed by atoms with Crippen LogP contribution in [0, 0.1) is 23.5 Å². The third-order valence-corrected chi connectivity index (χ3v) is 8.56. The van der Waals surface area contributed by atoms with Crippen LogP contribution in [0.5, 0.6) is 0 Å². The van der Waals surface area contributed by atoms with Gasteiger partial charge < -0.3 is 28.9 Å². The van der Waals surface area contributed by atoms with Gasteiger partial charge in [0.15, 0.2) is 6.10 Å². The van der Waals surface area contributed by atoms with E-state index in [1.807, 2.05) is 30.3 Å². The summed E-state index contributed by atoms with van der Waals surface area (Å²) in [7, 11) is 0. The second-order valence-corrected chi connectivity index (χ2v) is 11.8. The number of alkyl halides is 1. The van der Waals surface area contributed by atoms with Crippen molar-refractivity contribution in [1.29, 1.82) is 0 Å². The maximum Gasteiger partial charge on any atom is 0.407 e. The monoisotopic (exact) mass is 642 g/mol. The molecule has 2 saturated heterocycles. The molecule has 4 atom stereocenters. The SMILES string of the molecule is CC(=O)O[C@@H](C)C(=O)N(CC1CN(C(=O)O)CC1F)[C@@H](c1nc(-c2cc(F)ccc2F)cn1Cc1ccccc1)C1CCOCC1. The number of carbonyl (C=O) groups is 3. The molecular formula is C33H37F3N4O6. The Hall–Kier alpha value is -4.39. The van der Waals surface area contributed by atoms with E-state index in [9.17, 15) is 23.9 Å². The first-order chi connectivity index (χ1) is 22.0. The van der Waals surface area contributed by atoms with Crippen LogP contribution in [0.2, 0.25) is 0 Å². The van der Waals surface area contributed by atoms with Crippen molar-refractivity contribution in [2.45, 2.75) is 51.6 Å². The van der Waals surface area contributed by atoms with E-state index in [1.165, 1.54) is 18.7 Å². The summed E-state index contributed by atoms with van der Waals surface area (Å²) < 4.78 is 57.4. The molecule has 0 saturated carbocycles. The second kappa shape index (κ2) is 14.4. The molecule has 2 amide bonds. The Morgan fingerprint density at radius 1 is 1.11 bits per heavy atom. The molecule has 1 N–H and O–H groups in total. The molecule has 0 aliphatic carbocycles. The Balaban J connectivity index is 1.66. The molecule has 46 heavy (non-hydrogen) atoms. The van der Waals surface area contributed by atoms with Gasteiger partial charge in [-0.05, 0) is 49.4 Å². The Labute approximate surface area is 264 Å². The van der Waals surface area contributed by atoms with Crippen LogP contribution in [-0.2, 0) is 25.6 Å². The number of nitrogens with zero attached hydrogens (tertiary/aromatic N) is 4. The zero-order valence-electron chi connectivity index (χ0n) is 25.7. The van der Waals surface area contributed by atoms with Gasteiger partial charge >= 0.3 is 12.1 Å². The molecule has 10 nitrogen and oxygen atoms in total. The molecular weight excluding hydrogens is 605 g/mol. The van der Waals surface area contributed by atoms with Crippen molar-refractivity contribution in [3.8, 4) is 11.3 Å². The maximum atomic E-state index is 15.4. The fraction of sp³-hybridized carbons (Fsp3) is 0.455. The quantitative estimate of drug-likeness (QED) is 0.307. The summed E-state index contributed by atoms with van der Waals surface area (Å²) >= 11 is 0. The van der Waals surface area contributed by atoms with Gasteiger partial charge in [-0.2, -0.15) is 0 Å². The van der Waals surface area contributed by atoms with Crippen LogP contribution in [-0.4, -0.2) is 87.6 Å². The molecule has 2 aliphatic rings. The highest BCUT2D eigenvalue weighted by molar-refractivity contribution is 5.83. The Morgan fingerprint density at radius 2 is 1.83 bits per heavy atom. The highest BCUT2D eigenvalue weighted by Crippen LogP contribution is 2.39. The number of esters is 1. The van der Waals surface area contributed by atoms with E-state index in [0.717, 1.165) is 28.7 Å². The standard InChI is InChI=1S/C33H37F3N4O6/c1-20(46-21(2)41)32(42)40(17-24-16-39(33(43)44)18-28(24)36)30(23-10-12-45-13-11-23)31-37-29(26-14-25(34)8-9-27(26)35)19-38(31)15-22-6-4-3-5-7-22/h3-9,14,19-20,23-24,28,30H,10-13,15-18H2,1-2H3,(H,43,44)/t20-,24?,28?,30+/m0/s1. The highest BCUT2D eigenvalue weighted by atomic mass is 19.1. The second-order valence-electron chi connectivity index (χ2n) is 11.8. The van der Waals surface area contributed by atoms with E-state index < -0.39 is 53.8 Å². The number of carbonyl (C=O) groups excluding carboxylic acids is 2. The number of hydrogen-bond acceptors (Lipinski definition) is 6. The Kier molecular flexibility index (Phi) is 10.3. The number of amides is 2. The molecule has 2 unspecified atom stereocenters. The lowest BCUT2D eigenvalue weighted by Gasteiger charge is -2.40. The average Bonchev–Trinajstić information content (AvgIpc) is 3.61. The summed E-state index contributed by atoms with van der Waals surface area (Å²) in [5.74, 6) is -3.41. The van der Waals surface area contributed by atoms with Crippen molar-refractivity contribution in [2.24, 2.45) is 11.8 Å². The van der Waals surface area contributed by atoms with Crippen LogP contribution in [0.15, 0.2) is 54.7 Å². The first kappa shape index (κ1) is 33.0. The number of likely N-dealkylation sites (tertiary alicyclic amines) is 1. The number of halogens is 3. The predicted octanol–water partition coefficient (Wildman–Crippen LogP) is 5.07. The molecule has 2 fully saturated rings. The van der Waals surface area contributed by atoms with Gasteiger partial charge in [-0.3, -0.25) is 9.59 Å². The smallest absolute Gasteiger partial charge is 0.407 e. The summed E-state index contributed by atoms with van der Waals surface area (Å²) in [6.07, 6.45) is -1.45. The van der Waals surface area contributed by atoms with Crippen LogP contribution < -0.4 is 0 Å². The van der Waals surface area contributed by atoms with E-state index in [-0.39, 0.29) is 43.4 Å². The Bertz CT molecular complexity index is 1550. The number of carboxylic acid groups (broad SMARTS) is 1. The zero-order chi connectivity index (χ0) is 33.0. The van der Waals surface area contributed by atoms with Gasteiger partial charge in [0.2, 0.25) is 0 Å². The number of aromatic nitrogens is 2. The van der Waals surface area contributed by atoms with Crippen molar-refractivity contribution in [1.82, 2.24) is 19.4 Å². The largest absolute Gasteiger partial charge is 0.465 e. The van der Waals surface area contributed by atoms with Gasteiger partial charge in [-0.15, -0.1) is 0 Å². The fourth-order valence-electron chi connectivity index (χ4n) is 6.32. The van der Waals surface area contributed by atoms with Crippen molar-refractivity contribution < 1.29 is 42.1 Å². The lowest BCUT2D eigenvalue weighted by molar-refractivity contribution is -0.160. The van der Waals surface area contributed by atoms with Gasteiger partial charge in [-0.1, -0.05) is 30.3 Å². The minimum Gasteiger partial charge on any atom is -0.465 e. The zero-order valence-corrected chi connectivity index (χ0v) is 25.7. The topological polar surface area (TPSA) is 114 Å². The van der Waals surface area contributed by atoms with E-state index in [0.29, 0.717) is 31.9 Å². The number of benzene rings is 2. The molecule has 5 rings (SSSR count). The molecule has 0 radical (unpaired) electrons. The summed E-state index contributed by atoms with van der Waals surface area (Å²) in [5.41, 5.74) is 0.949. The molecule has 0 bridgehead atoms. The Morgan fingerprint density at radius 3 is 2.48 bits per heavy atom. The summed E-state index contributed by atoms with van der Waals surface area (Å²) in [5, 5.41) is 9.54. The fourth-order valence-corrected chi connectivity index (χ4v) is 6.32. The van der Waals surface area contributed by atoms with Crippen molar-refractivity contribution in [2.75, 3.05) is 32.8 Å². The number of ether oxygens (including phenoxy) is 2. The van der Waals surface area contributed by atoms with E-state index in [1.54, 1.807) is 10.8 Å². The molecule has 13 heteroatoms. The van der Waals surface area contributed by atoms with Gasteiger partial charge in [0.25, 0.3) is 5.91 Å². The number of imidazole rings is 1. The third-order valence-electron chi connectivity index (χ3n) is 8.56. The molecule has 246 valence electrons. The van der Waals surface area contributed by atoms with Crippen molar-refractivity contribution in [3.63, 3.8) is 0 Å². The summed E-state index contributed by atoms with van der Waals surface area (Å²) in [4.78, 5) is 45.0. The van der Waals surface area contributed by atoms with Gasteiger partial charge in [-0.25, -0.2) is 22.9 Å². The normalized spacial score (nSPS) is 19.9. The first-order valence-electron chi connectivity index (χ1n) is 15.3. The number of hydrogen-bond donors (Lipinski definition) is 1. The third kappa shape index (κ3) is 7.52. The van der Waals surface area contributed by atoms with Crippen LogP contribution in [0.25, 0.3) is 11.3 Å². The van der Waals surface area contributed by atoms with E-state index >= 15 is 8.78 Å². The molecule has 2 aliphatic heterocycles. The van der Waals surface area contributed by atoms with E-state index in [2.05, 4.69) is 0 Å². The minimum atomic E-state index is -1.55. The number of rotatable bonds is 10. The van der Waals surface area contributed by atoms with Crippen molar-refractivity contribution >= 4 is 18.0 Å². The van der Waals surface area contributed by atoms with Crippen LogP contribution in [0.4, 0.5) is 18.0 Å². The van der Waals surface area contributed by atoms with Gasteiger partial charge in [0, 0.05) is 57.4 Å². The minimum absolute atomic E-state index is 0.0679. The molecule has 2 aromatic carbocycles.